The average Bonchev–Trinajstić information content (AvgIpc) is 3.59. The minimum atomic E-state index is -4.29. The molecule has 1 saturated carbocycles. The third kappa shape index (κ3) is 8.34. The number of rotatable bonds is 13. The number of carbonyl (C=O) groups excluding carboxylic acids is 2. The Morgan fingerprint density at radius 2 is 1.55 bits per heavy atom. The summed E-state index contributed by atoms with van der Waals surface area (Å²) in [5.74, 6) is -0.579. The van der Waals surface area contributed by atoms with E-state index < -0.39 is 28.5 Å². The van der Waals surface area contributed by atoms with Crippen LogP contribution in [0.25, 0.3) is 0 Å². The smallest absolute Gasteiger partial charge is 0.264 e. The van der Waals surface area contributed by atoms with Crippen molar-refractivity contribution in [2.45, 2.75) is 62.6 Å². The number of carbonyl (C=O) groups is 2. The minimum Gasteiger partial charge on any atom is -0.495 e. The van der Waals surface area contributed by atoms with E-state index in [-0.39, 0.29) is 46.3 Å². The topological polar surface area (TPSA) is 96.0 Å². The standard InChI is InChI=1S/C37H40ClN3O5S/c1-27-13-9-10-16-29(27)25-40(34(23-28-14-5-3-6-15-28)37(43)39-31-17-11-12-18-31)36(42)26-41(33-24-30(38)21-22-35(33)46-2)47(44,45)32-19-7-4-8-20-32/h3-10,13-16,19-22,24,31,34H,11-12,17-18,23,25-26H2,1-2H3,(H,39,43). The minimum absolute atomic E-state index is 0.0000874. The van der Waals surface area contributed by atoms with Gasteiger partial charge in [-0.3, -0.25) is 13.9 Å². The van der Waals surface area contributed by atoms with Crippen LogP contribution in [0.5, 0.6) is 5.75 Å². The number of methoxy groups -OCH3 is 1. The first-order chi connectivity index (χ1) is 22.7. The largest absolute Gasteiger partial charge is 0.495 e. The van der Waals surface area contributed by atoms with Gasteiger partial charge in [0.25, 0.3) is 10.0 Å². The number of nitrogens with zero attached hydrogens (tertiary/aromatic N) is 2. The van der Waals surface area contributed by atoms with Crippen LogP contribution >= 0.6 is 11.6 Å². The molecule has 1 unspecified atom stereocenters. The van der Waals surface area contributed by atoms with Gasteiger partial charge in [0.15, 0.2) is 0 Å². The zero-order valence-corrected chi connectivity index (χ0v) is 28.2. The van der Waals surface area contributed by atoms with E-state index in [9.17, 15) is 18.0 Å². The predicted octanol–water partition coefficient (Wildman–Crippen LogP) is 6.55. The van der Waals surface area contributed by atoms with E-state index in [1.807, 2.05) is 61.5 Å². The summed E-state index contributed by atoms with van der Waals surface area (Å²) in [6.07, 6.45) is 4.09. The molecule has 5 rings (SSSR count). The van der Waals surface area contributed by atoms with Gasteiger partial charge in [-0.25, -0.2) is 8.42 Å². The quantitative estimate of drug-likeness (QED) is 0.174. The van der Waals surface area contributed by atoms with E-state index in [1.165, 1.54) is 30.2 Å². The van der Waals surface area contributed by atoms with Gasteiger partial charge in [-0.2, -0.15) is 0 Å². The third-order valence-corrected chi connectivity index (χ3v) is 10.6. The summed E-state index contributed by atoms with van der Waals surface area (Å²) >= 11 is 6.38. The number of amides is 2. The van der Waals surface area contributed by atoms with E-state index in [2.05, 4.69) is 5.32 Å². The number of hydrogen-bond acceptors (Lipinski definition) is 5. The molecular formula is C37H40ClN3O5S. The van der Waals surface area contributed by atoms with Crippen LogP contribution in [0, 0.1) is 6.92 Å². The number of aryl methyl sites for hydroxylation is 1. The summed E-state index contributed by atoms with van der Waals surface area (Å²) in [6, 6.07) is 28.9. The Morgan fingerprint density at radius 1 is 0.915 bits per heavy atom. The molecule has 0 spiro atoms. The average molecular weight is 674 g/mol. The van der Waals surface area contributed by atoms with Gasteiger partial charge in [-0.05, 0) is 66.8 Å². The van der Waals surface area contributed by atoms with Crippen LogP contribution in [0.15, 0.2) is 108 Å². The summed E-state index contributed by atoms with van der Waals surface area (Å²) < 4.78 is 35.1. The van der Waals surface area contributed by atoms with Crippen molar-refractivity contribution in [3.05, 3.63) is 125 Å². The summed E-state index contributed by atoms with van der Waals surface area (Å²) in [5, 5.41) is 3.47. The molecule has 2 amide bonds. The summed E-state index contributed by atoms with van der Waals surface area (Å²) in [6.45, 7) is 1.46. The number of halogens is 1. The lowest BCUT2D eigenvalue weighted by atomic mass is 10.0. The van der Waals surface area contributed by atoms with Gasteiger partial charge in [0.05, 0.1) is 17.7 Å². The monoisotopic (exact) mass is 673 g/mol. The lowest BCUT2D eigenvalue weighted by molar-refractivity contribution is -0.140. The van der Waals surface area contributed by atoms with E-state index in [4.69, 9.17) is 16.3 Å². The van der Waals surface area contributed by atoms with Crippen molar-refractivity contribution in [3.8, 4) is 5.75 Å². The van der Waals surface area contributed by atoms with Gasteiger partial charge in [0.1, 0.15) is 18.3 Å². The van der Waals surface area contributed by atoms with Crippen molar-refractivity contribution in [1.82, 2.24) is 10.2 Å². The molecule has 0 radical (unpaired) electrons. The zero-order valence-electron chi connectivity index (χ0n) is 26.6. The first-order valence-corrected chi connectivity index (χ1v) is 17.6. The van der Waals surface area contributed by atoms with Crippen molar-refractivity contribution in [2.75, 3.05) is 18.0 Å². The lowest BCUT2D eigenvalue weighted by Crippen LogP contribution is -2.54. The second-order valence-electron chi connectivity index (χ2n) is 11.8. The molecule has 0 aliphatic heterocycles. The Bertz CT molecular complexity index is 1780. The highest BCUT2D eigenvalue weighted by Gasteiger charge is 2.36. The molecule has 8 nitrogen and oxygen atoms in total. The maximum atomic E-state index is 14.7. The third-order valence-electron chi connectivity index (χ3n) is 8.59. The van der Waals surface area contributed by atoms with Crippen molar-refractivity contribution in [2.24, 2.45) is 0 Å². The van der Waals surface area contributed by atoms with Gasteiger partial charge >= 0.3 is 0 Å². The predicted molar refractivity (Wildman–Crippen MR) is 185 cm³/mol. The molecule has 1 N–H and O–H groups in total. The Kier molecular flexibility index (Phi) is 11.2. The molecule has 4 aromatic rings. The fourth-order valence-electron chi connectivity index (χ4n) is 5.98. The van der Waals surface area contributed by atoms with Crippen LogP contribution in [-0.2, 0) is 32.6 Å². The summed E-state index contributed by atoms with van der Waals surface area (Å²) in [5.41, 5.74) is 2.80. The second kappa shape index (κ2) is 15.5. The fourth-order valence-corrected chi connectivity index (χ4v) is 7.59. The number of ether oxygens (including phenoxy) is 1. The van der Waals surface area contributed by atoms with E-state index in [0.717, 1.165) is 46.7 Å². The van der Waals surface area contributed by atoms with Crippen LogP contribution < -0.4 is 14.4 Å². The maximum absolute atomic E-state index is 14.7. The molecule has 246 valence electrons. The van der Waals surface area contributed by atoms with E-state index >= 15 is 0 Å². The van der Waals surface area contributed by atoms with Crippen molar-refractivity contribution in [3.63, 3.8) is 0 Å². The van der Waals surface area contributed by atoms with Crippen LogP contribution in [0.2, 0.25) is 5.02 Å². The highest BCUT2D eigenvalue weighted by molar-refractivity contribution is 7.92. The number of sulfonamides is 1. The van der Waals surface area contributed by atoms with E-state index in [1.54, 1.807) is 30.3 Å². The summed E-state index contributed by atoms with van der Waals surface area (Å²) in [7, 11) is -2.86. The molecule has 1 atom stereocenters. The molecule has 4 aromatic carbocycles. The number of anilines is 1. The lowest BCUT2D eigenvalue weighted by Gasteiger charge is -2.35. The summed E-state index contributed by atoms with van der Waals surface area (Å²) in [4.78, 5) is 30.4. The molecule has 1 aliphatic carbocycles. The number of benzene rings is 4. The maximum Gasteiger partial charge on any atom is 0.264 e. The van der Waals surface area contributed by atoms with Crippen LogP contribution in [-0.4, -0.2) is 50.9 Å². The van der Waals surface area contributed by atoms with Gasteiger partial charge < -0.3 is 15.0 Å². The molecule has 0 heterocycles. The molecular weight excluding hydrogens is 634 g/mol. The molecule has 47 heavy (non-hydrogen) atoms. The Balaban J connectivity index is 1.61. The zero-order chi connectivity index (χ0) is 33.4. The molecule has 0 aromatic heterocycles. The molecule has 0 bridgehead atoms. The highest BCUT2D eigenvalue weighted by atomic mass is 35.5. The van der Waals surface area contributed by atoms with Crippen molar-refractivity contribution >= 4 is 39.1 Å². The fraction of sp³-hybridized carbons (Fsp3) is 0.297. The molecule has 0 saturated heterocycles. The Labute approximate surface area is 282 Å². The normalized spacial score (nSPS) is 13.9. The van der Waals surface area contributed by atoms with Crippen LogP contribution in [0.1, 0.15) is 42.4 Å². The number of hydrogen-bond donors (Lipinski definition) is 1. The van der Waals surface area contributed by atoms with Crippen LogP contribution in [0.3, 0.4) is 0 Å². The highest BCUT2D eigenvalue weighted by Crippen LogP contribution is 2.35. The first-order valence-electron chi connectivity index (χ1n) is 15.8. The SMILES string of the molecule is COc1ccc(Cl)cc1N(CC(=O)N(Cc1ccccc1C)C(Cc1ccccc1)C(=O)NC1CCCC1)S(=O)(=O)c1ccccc1. The van der Waals surface area contributed by atoms with E-state index in [0.29, 0.717) is 0 Å². The van der Waals surface area contributed by atoms with Gasteiger partial charge in [0.2, 0.25) is 11.8 Å². The van der Waals surface area contributed by atoms with Crippen LogP contribution in [0.4, 0.5) is 5.69 Å². The van der Waals surface area contributed by atoms with Crippen molar-refractivity contribution in [1.29, 1.82) is 0 Å². The second-order valence-corrected chi connectivity index (χ2v) is 14.1. The molecule has 10 heteroatoms. The van der Waals surface area contributed by atoms with Crippen molar-refractivity contribution < 1.29 is 22.7 Å². The van der Waals surface area contributed by atoms with Gasteiger partial charge in [0, 0.05) is 24.0 Å². The van der Waals surface area contributed by atoms with Gasteiger partial charge in [-0.15, -0.1) is 0 Å². The Hall–Kier alpha value is -4.34. The Morgan fingerprint density at radius 3 is 2.21 bits per heavy atom. The first kappa shape index (κ1) is 34.0. The molecule has 1 fully saturated rings. The molecule has 1 aliphatic rings. The van der Waals surface area contributed by atoms with Gasteiger partial charge in [-0.1, -0.05) is 97.2 Å². The number of nitrogens with one attached hydrogen (secondary N) is 1.